The van der Waals surface area contributed by atoms with E-state index in [0.29, 0.717) is 0 Å². The van der Waals surface area contributed by atoms with Crippen molar-refractivity contribution < 1.29 is 0 Å². The average Bonchev–Trinajstić information content (AvgIpc) is 2.41. The summed E-state index contributed by atoms with van der Waals surface area (Å²) >= 11 is 5.69. The summed E-state index contributed by atoms with van der Waals surface area (Å²) in [7, 11) is 0. The highest BCUT2D eigenvalue weighted by Crippen LogP contribution is 2.12. The molecule has 0 radical (unpaired) electrons. The summed E-state index contributed by atoms with van der Waals surface area (Å²) in [5.74, 6) is 1.89. The smallest absolute Gasteiger partial charge is 0.128 e. The molecule has 0 saturated carbocycles. The van der Waals surface area contributed by atoms with Crippen molar-refractivity contribution in [3.05, 3.63) is 24.4 Å². The maximum Gasteiger partial charge on any atom is 0.128 e. The lowest BCUT2D eigenvalue weighted by atomic mass is 10.2. The van der Waals surface area contributed by atoms with Crippen LogP contribution in [0, 0.1) is 0 Å². The molecule has 1 aromatic rings. The maximum atomic E-state index is 5.69. The number of rotatable bonds is 5. The molecule has 1 saturated heterocycles. The first-order valence-electron chi connectivity index (χ1n) is 6.34. The molecule has 2 heterocycles. The second-order valence-electron chi connectivity index (χ2n) is 4.41. The minimum absolute atomic E-state index is 0.786. The van der Waals surface area contributed by atoms with Crippen LogP contribution in [0.15, 0.2) is 24.4 Å². The number of aromatic nitrogens is 1. The predicted molar refractivity (Wildman–Crippen MR) is 72.8 cm³/mol. The zero-order valence-corrected chi connectivity index (χ0v) is 10.9. The summed E-state index contributed by atoms with van der Waals surface area (Å²) in [5, 5.41) is 0. The van der Waals surface area contributed by atoms with E-state index in [4.69, 9.17) is 11.6 Å². The van der Waals surface area contributed by atoms with Gasteiger partial charge in [-0.1, -0.05) is 6.07 Å². The van der Waals surface area contributed by atoms with Gasteiger partial charge in [0.2, 0.25) is 0 Å². The molecule has 0 bridgehead atoms. The topological polar surface area (TPSA) is 19.4 Å². The quantitative estimate of drug-likeness (QED) is 0.593. The molecule has 94 valence electrons. The van der Waals surface area contributed by atoms with Crippen molar-refractivity contribution in [3.8, 4) is 0 Å². The van der Waals surface area contributed by atoms with Crippen LogP contribution in [0.2, 0.25) is 0 Å². The van der Waals surface area contributed by atoms with Gasteiger partial charge in [0, 0.05) is 38.3 Å². The molecule has 0 spiro atoms. The van der Waals surface area contributed by atoms with E-state index < -0.39 is 0 Å². The minimum Gasteiger partial charge on any atom is -0.354 e. The number of pyridine rings is 1. The Bertz CT molecular complexity index is 310. The molecule has 1 aliphatic rings. The van der Waals surface area contributed by atoms with Gasteiger partial charge in [-0.05, 0) is 31.5 Å². The third kappa shape index (κ3) is 3.86. The molecule has 0 N–H and O–H groups in total. The van der Waals surface area contributed by atoms with E-state index in [-0.39, 0.29) is 0 Å². The fraction of sp³-hybridized carbons (Fsp3) is 0.615. The first-order valence-corrected chi connectivity index (χ1v) is 6.88. The van der Waals surface area contributed by atoms with E-state index in [2.05, 4.69) is 26.9 Å². The highest BCUT2D eigenvalue weighted by molar-refractivity contribution is 6.17. The number of halogens is 1. The van der Waals surface area contributed by atoms with Crippen molar-refractivity contribution in [3.63, 3.8) is 0 Å². The van der Waals surface area contributed by atoms with E-state index in [1.54, 1.807) is 0 Å². The molecule has 0 atom stereocenters. The lowest BCUT2D eigenvalue weighted by molar-refractivity contribution is 0.254. The van der Waals surface area contributed by atoms with Gasteiger partial charge in [0.05, 0.1) is 0 Å². The Morgan fingerprint density at radius 3 is 2.59 bits per heavy atom. The maximum absolute atomic E-state index is 5.69. The first kappa shape index (κ1) is 12.7. The van der Waals surface area contributed by atoms with Crippen LogP contribution in [-0.2, 0) is 0 Å². The van der Waals surface area contributed by atoms with Gasteiger partial charge in [0.25, 0.3) is 0 Å². The largest absolute Gasteiger partial charge is 0.354 e. The van der Waals surface area contributed by atoms with Gasteiger partial charge in [0.15, 0.2) is 0 Å². The number of nitrogens with zero attached hydrogens (tertiary/aromatic N) is 3. The SMILES string of the molecule is ClCCCCN1CCN(c2ccccn2)CC1. The van der Waals surface area contributed by atoms with Crippen LogP contribution in [0.3, 0.4) is 0 Å². The molecule has 0 amide bonds. The Balaban J connectivity index is 1.74. The Morgan fingerprint density at radius 2 is 1.94 bits per heavy atom. The number of hydrogen-bond acceptors (Lipinski definition) is 3. The van der Waals surface area contributed by atoms with Crippen LogP contribution in [-0.4, -0.2) is 48.5 Å². The van der Waals surface area contributed by atoms with Gasteiger partial charge in [-0.15, -0.1) is 11.6 Å². The fourth-order valence-electron chi connectivity index (χ4n) is 2.17. The normalized spacial score (nSPS) is 17.4. The number of piperazine rings is 1. The number of anilines is 1. The summed E-state index contributed by atoms with van der Waals surface area (Å²) in [5.41, 5.74) is 0. The van der Waals surface area contributed by atoms with Gasteiger partial charge in [-0.2, -0.15) is 0 Å². The molecule has 0 aromatic carbocycles. The van der Waals surface area contributed by atoms with Crippen molar-refractivity contribution in [2.75, 3.05) is 43.5 Å². The molecular formula is C13H20ClN3. The number of unbranched alkanes of at least 4 members (excludes halogenated alkanes) is 1. The van der Waals surface area contributed by atoms with Crippen molar-refractivity contribution >= 4 is 17.4 Å². The Morgan fingerprint density at radius 1 is 1.12 bits per heavy atom. The molecule has 4 heteroatoms. The third-order valence-electron chi connectivity index (χ3n) is 3.20. The Labute approximate surface area is 108 Å². The summed E-state index contributed by atoms with van der Waals surface area (Å²) in [6.07, 6.45) is 4.21. The second kappa shape index (κ2) is 6.82. The van der Waals surface area contributed by atoms with Crippen LogP contribution < -0.4 is 4.90 Å². The molecule has 1 aromatic heterocycles. The van der Waals surface area contributed by atoms with Crippen molar-refractivity contribution in [2.24, 2.45) is 0 Å². The summed E-state index contributed by atoms with van der Waals surface area (Å²) in [6, 6.07) is 6.10. The highest BCUT2D eigenvalue weighted by Gasteiger charge is 2.16. The molecule has 2 rings (SSSR count). The van der Waals surface area contributed by atoms with Crippen molar-refractivity contribution in [2.45, 2.75) is 12.8 Å². The lowest BCUT2D eigenvalue weighted by Gasteiger charge is -2.35. The average molecular weight is 254 g/mol. The predicted octanol–water partition coefficient (Wildman–Crippen LogP) is 2.22. The standard InChI is InChI=1S/C13H20ClN3/c14-6-2-4-8-16-9-11-17(12-10-16)13-5-1-3-7-15-13/h1,3,5,7H,2,4,6,8-12H2. The first-order chi connectivity index (χ1) is 8.40. The highest BCUT2D eigenvalue weighted by atomic mass is 35.5. The monoisotopic (exact) mass is 253 g/mol. The second-order valence-corrected chi connectivity index (χ2v) is 4.79. The van der Waals surface area contributed by atoms with E-state index in [1.165, 1.54) is 13.0 Å². The van der Waals surface area contributed by atoms with E-state index in [0.717, 1.165) is 44.3 Å². The van der Waals surface area contributed by atoms with Crippen LogP contribution in [0.5, 0.6) is 0 Å². The van der Waals surface area contributed by atoms with E-state index in [1.807, 2.05) is 12.3 Å². The van der Waals surface area contributed by atoms with Crippen LogP contribution in [0.25, 0.3) is 0 Å². The summed E-state index contributed by atoms with van der Waals surface area (Å²) < 4.78 is 0. The third-order valence-corrected chi connectivity index (χ3v) is 3.47. The van der Waals surface area contributed by atoms with Crippen molar-refractivity contribution in [1.29, 1.82) is 0 Å². The molecule has 1 fully saturated rings. The Hall–Kier alpha value is -0.800. The van der Waals surface area contributed by atoms with Crippen LogP contribution in [0.1, 0.15) is 12.8 Å². The number of alkyl halides is 1. The van der Waals surface area contributed by atoms with Gasteiger partial charge < -0.3 is 4.90 Å². The van der Waals surface area contributed by atoms with Gasteiger partial charge in [-0.3, -0.25) is 4.90 Å². The van der Waals surface area contributed by atoms with Gasteiger partial charge in [0.1, 0.15) is 5.82 Å². The van der Waals surface area contributed by atoms with Gasteiger partial charge >= 0.3 is 0 Å². The van der Waals surface area contributed by atoms with Gasteiger partial charge in [-0.25, -0.2) is 4.98 Å². The van der Waals surface area contributed by atoms with Crippen LogP contribution in [0.4, 0.5) is 5.82 Å². The Kier molecular flexibility index (Phi) is 5.08. The molecule has 3 nitrogen and oxygen atoms in total. The molecular weight excluding hydrogens is 234 g/mol. The van der Waals surface area contributed by atoms with Crippen molar-refractivity contribution in [1.82, 2.24) is 9.88 Å². The number of hydrogen-bond donors (Lipinski definition) is 0. The fourth-order valence-corrected chi connectivity index (χ4v) is 2.36. The zero-order valence-electron chi connectivity index (χ0n) is 10.2. The van der Waals surface area contributed by atoms with E-state index >= 15 is 0 Å². The molecule has 17 heavy (non-hydrogen) atoms. The lowest BCUT2D eigenvalue weighted by Crippen LogP contribution is -2.46. The minimum atomic E-state index is 0.786. The van der Waals surface area contributed by atoms with E-state index in [9.17, 15) is 0 Å². The molecule has 1 aliphatic heterocycles. The summed E-state index contributed by atoms with van der Waals surface area (Å²) in [6.45, 7) is 5.62. The van der Waals surface area contributed by atoms with Crippen LogP contribution >= 0.6 is 11.6 Å². The zero-order chi connectivity index (χ0) is 11.9. The summed E-state index contributed by atoms with van der Waals surface area (Å²) in [4.78, 5) is 9.27. The molecule has 0 unspecified atom stereocenters. The molecule has 0 aliphatic carbocycles.